The van der Waals surface area contributed by atoms with E-state index in [4.69, 9.17) is 9.47 Å². The molecule has 7 atom stereocenters. The maximum Gasteiger partial charge on any atom is 0.309 e. The van der Waals surface area contributed by atoms with Crippen LogP contribution in [0.4, 0.5) is 0 Å². The summed E-state index contributed by atoms with van der Waals surface area (Å²) >= 11 is 0. The summed E-state index contributed by atoms with van der Waals surface area (Å²) in [5.74, 6) is 1.83. The lowest BCUT2D eigenvalue weighted by Gasteiger charge is -2.24. The summed E-state index contributed by atoms with van der Waals surface area (Å²) in [5, 5.41) is 0. The highest BCUT2D eigenvalue weighted by atomic mass is 16.6. The Kier molecular flexibility index (Phi) is 4.10. The molecule has 0 aromatic rings. The van der Waals surface area contributed by atoms with E-state index in [0.29, 0.717) is 11.8 Å². The van der Waals surface area contributed by atoms with Gasteiger partial charge in [-0.2, -0.15) is 0 Å². The van der Waals surface area contributed by atoms with Crippen LogP contribution in [-0.4, -0.2) is 24.1 Å². The van der Waals surface area contributed by atoms with E-state index in [-0.39, 0.29) is 36.5 Å². The van der Waals surface area contributed by atoms with E-state index in [1.54, 1.807) is 6.92 Å². The zero-order chi connectivity index (χ0) is 16.0. The van der Waals surface area contributed by atoms with Crippen LogP contribution >= 0.6 is 0 Å². The lowest BCUT2D eigenvalue weighted by atomic mass is 9.97. The van der Waals surface area contributed by atoms with Crippen LogP contribution < -0.4 is 0 Å². The number of rotatable bonds is 5. The first-order valence-electron chi connectivity index (χ1n) is 9.48. The largest absolute Gasteiger partial charge is 0.462 e. The van der Waals surface area contributed by atoms with Crippen molar-refractivity contribution in [2.45, 2.75) is 76.9 Å². The molecule has 0 spiro atoms. The third-order valence-electron chi connectivity index (χ3n) is 6.77. The van der Waals surface area contributed by atoms with Crippen LogP contribution in [0.25, 0.3) is 0 Å². The number of carbonyl (C=O) groups excluding carboxylic acids is 2. The lowest BCUT2D eigenvalue weighted by molar-refractivity contribution is -0.162. The Morgan fingerprint density at radius 2 is 1.43 bits per heavy atom. The molecule has 0 N–H and O–H groups in total. The second-order valence-electron chi connectivity index (χ2n) is 8.46. The monoisotopic (exact) mass is 320 g/mol. The predicted molar refractivity (Wildman–Crippen MR) is 84.4 cm³/mol. The molecule has 7 unspecified atom stereocenters. The van der Waals surface area contributed by atoms with Crippen molar-refractivity contribution < 1.29 is 19.1 Å². The summed E-state index contributed by atoms with van der Waals surface area (Å²) < 4.78 is 11.3. The normalized spacial score (nSPS) is 42.0. The van der Waals surface area contributed by atoms with Crippen LogP contribution in [0.1, 0.15) is 64.7 Å². The van der Waals surface area contributed by atoms with Gasteiger partial charge in [0.1, 0.15) is 12.2 Å². The van der Waals surface area contributed by atoms with Gasteiger partial charge >= 0.3 is 11.9 Å². The maximum absolute atomic E-state index is 12.2. The molecule has 0 amide bonds. The first-order chi connectivity index (χ1) is 11.1. The molecule has 4 bridgehead atoms. The summed E-state index contributed by atoms with van der Waals surface area (Å²) in [4.78, 5) is 24.4. The van der Waals surface area contributed by atoms with Gasteiger partial charge in [0.25, 0.3) is 0 Å². The molecule has 4 saturated carbocycles. The molecule has 4 rings (SSSR count). The van der Waals surface area contributed by atoms with Gasteiger partial charge in [-0.3, -0.25) is 9.59 Å². The van der Waals surface area contributed by atoms with Crippen LogP contribution in [0, 0.1) is 29.6 Å². The molecule has 4 heteroatoms. The van der Waals surface area contributed by atoms with Crippen molar-refractivity contribution in [2.75, 3.05) is 0 Å². The minimum Gasteiger partial charge on any atom is -0.462 e. The van der Waals surface area contributed by atoms with Crippen LogP contribution in [0.3, 0.4) is 0 Å². The average Bonchev–Trinajstić information content (AvgIpc) is 3.27. The molecular formula is C19H28O4. The van der Waals surface area contributed by atoms with Crippen LogP contribution in [0.15, 0.2) is 0 Å². The molecule has 0 saturated heterocycles. The number of esters is 2. The number of carbonyl (C=O) groups is 2. The van der Waals surface area contributed by atoms with E-state index >= 15 is 0 Å². The van der Waals surface area contributed by atoms with E-state index in [2.05, 4.69) is 0 Å². The Morgan fingerprint density at radius 1 is 0.870 bits per heavy atom. The third-order valence-corrected chi connectivity index (χ3v) is 6.77. The van der Waals surface area contributed by atoms with Gasteiger partial charge in [0.05, 0.1) is 12.3 Å². The fourth-order valence-corrected chi connectivity index (χ4v) is 5.48. The smallest absolute Gasteiger partial charge is 0.309 e. The van der Waals surface area contributed by atoms with Gasteiger partial charge in [-0.25, -0.2) is 0 Å². The molecule has 4 aliphatic rings. The fraction of sp³-hybridized carbons (Fsp3) is 0.895. The van der Waals surface area contributed by atoms with Crippen molar-refractivity contribution in [1.29, 1.82) is 0 Å². The average molecular weight is 320 g/mol. The highest BCUT2D eigenvalue weighted by molar-refractivity contribution is 5.79. The van der Waals surface area contributed by atoms with Gasteiger partial charge < -0.3 is 9.47 Å². The molecule has 4 nitrogen and oxygen atoms in total. The predicted octanol–water partition coefficient (Wildman–Crippen LogP) is 3.48. The molecule has 4 fully saturated rings. The number of fused-ring (bicyclic) bond motifs is 4. The minimum atomic E-state index is -0.389. The quantitative estimate of drug-likeness (QED) is 0.728. The van der Waals surface area contributed by atoms with Crippen molar-refractivity contribution in [2.24, 2.45) is 29.6 Å². The number of ether oxygens (including phenoxy) is 2. The Bertz CT molecular complexity index is 488. The highest BCUT2D eigenvalue weighted by Gasteiger charge is 2.43. The zero-order valence-electron chi connectivity index (χ0n) is 14.0. The van der Waals surface area contributed by atoms with Crippen LogP contribution in [0.5, 0.6) is 0 Å². The van der Waals surface area contributed by atoms with Crippen LogP contribution in [0.2, 0.25) is 0 Å². The maximum atomic E-state index is 12.2. The Morgan fingerprint density at radius 3 is 1.91 bits per heavy atom. The van der Waals surface area contributed by atoms with E-state index < -0.39 is 0 Å². The van der Waals surface area contributed by atoms with Gasteiger partial charge in [0.15, 0.2) is 0 Å². The molecule has 0 aliphatic heterocycles. The van der Waals surface area contributed by atoms with Crippen molar-refractivity contribution in [3.8, 4) is 0 Å². The fourth-order valence-electron chi connectivity index (χ4n) is 5.48. The number of hydrogen-bond donors (Lipinski definition) is 0. The van der Waals surface area contributed by atoms with E-state index in [0.717, 1.165) is 24.7 Å². The molecule has 0 heterocycles. The minimum absolute atomic E-state index is 0.102. The summed E-state index contributed by atoms with van der Waals surface area (Å²) in [6.07, 6.45) is 9.86. The lowest BCUT2D eigenvalue weighted by Crippen LogP contribution is -2.30. The first-order valence-corrected chi connectivity index (χ1v) is 9.48. The van der Waals surface area contributed by atoms with Crippen molar-refractivity contribution in [3.63, 3.8) is 0 Å². The standard InChI is InChI=1S/C19H28O4/c1-11(19(21)23-17-10-13-3-5-15(17)8-13)6-18(20)22-16-9-12-2-4-14(16)7-12/h11-17H,2-10H2,1H3. The summed E-state index contributed by atoms with van der Waals surface area (Å²) in [6, 6.07) is 0. The van der Waals surface area contributed by atoms with Crippen LogP contribution in [-0.2, 0) is 19.1 Å². The Balaban J connectivity index is 1.22. The highest BCUT2D eigenvalue weighted by Crippen LogP contribution is 2.47. The Hall–Kier alpha value is -1.06. The summed E-state index contributed by atoms with van der Waals surface area (Å²) in [7, 11) is 0. The molecular weight excluding hydrogens is 292 g/mol. The van der Waals surface area contributed by atoms with Crippen molar-refractivity contribution in [1.82, 2.24) is 0 Å². The van der Waals surface area contributed by atoms with Crippen molar-refractivity contribution in [3.05, 3.63) is 0 Å². The van der Waals surface area contributed by atoms with Gasteiger partial charge in [0, 0.05) is 0 Å². The molecule has 0 radical (unpaired) electrons. The SMILES string of the molecule is CC(CC(=O)OC1CC2CCC1C2)C(=O)OC1CC2CCC1C2. The van der Waals surface area contributed by atoms with E-state index in [1.807, 2.05) is 0 Å². The van der Waals surface area contributed by atoms with E-state index in [9.17, 15) is 9.59 Å². The summed E-state index contributed by atoms with van der Waals surface area (Å²) in [6.45, 7) is 1.79. The molecule has 23 heavy (non-hydrogen) atoms. The topological polar surface area (TPSA) is 52.6 Å². The molecule has 0 aromatic carbocycles. The second kappa shape index (κ2) is 6.10. The molecule has 0 aromatic heterocycles. The van der Waals surface area contributed by atoms with Gasteiger partial charge in [-0.1, -0.05) is 6.92 Å². The first kappa shape index (κ1) is 15.5. The Labute approximate surface area is 138 Å². The van der Waals surface area contributed by atoms with Gasteiger partial charge in [-0.15, -0.1) is 0 Å². The van der Waals surface area contributed by atoms with Crippen molar-refractivity contribution >= 4 is 11.9 Å². The van der Waals surface area contributed by atoms with E-state index in [1.165, 1.54) is 38.5 Å². The number of hydrogen-bond acceptors (Lipinski definition) is 4. The zero-order valence-corrected chi connectivity index (χ0v) is 14.0. The summed E-state index contributed by atoms with van der Waals surface area (Å²) in [5.41, 5.74) is 0. The molecule has 128 valence electrons. The van der Waals surface area contributed by atoms with Gasteiger partial charge in [-0.05, 0) is 75.0 Å². The molecule has 4 aliphatic carbocycles. The third kappa shape index (κ3) is 3.14. The van der Waals surface area contributed by atoms with Gasteiger partial charge in [0.2, 0.25) is 0 Å². The second-order valence-corrected chi connectivity index (χ2v) is 8.46.